The first-order valence-corrected chi connectivity index (χ1v) is 17.9. The lowest BCUT2D eigenvalue weighted by Gasteiger charge is -2.38. The monoisotopic (exact) mass is 697 g/mol. The molecule has 0 bridgehead atoms. The Hall–Kier alpha value is -5.32. The number of anilines is 3. The maximum absolute atomic E-state index is 15.0. The summed E-state index contributed by atoms with van der Waals surface area (Å²) in [5, 5.41) is 19.9. The number of methoxy groups -OCH3 is 1. The highest BCUT2D eigenvalue weighted by molar-refractivity contribution is 6.28. The van der Waals surface area contributed by atoms with Crippen molar-refractivity contribution in [3.05, 3.63) is 120 Å². The lowest BCUT2D eigenvalue weighted by Crippen LogP contribution is -2.46. The number of amides is 2. The van der Waals surface area contributed by atoms with Gasteiger partial charge in [-0.25, -0.2) is 0 Å². The van der Waals surface area contributed by atoms with Gasteiger partial charge in [0.05, 0.1) is 35.8 Å². The summed E-state index contributed by atoms with van der Waals surface area (Å²) in [4.78, 5) is 32.6. The number of aliphatic hydroxyl groups excluding tert-OH is 1. The second kappa shape index (κ2) is 12.7. The quantitative estimate of drug-likeness (QED) is 0.153. The molecule has 3 aliphatic heterocycles. The first kappa shape index (κ1) is 33.8. The summed E-state index contributed by atoms with van der Waals surface area (Å²) < 4.78 is 14.5. The number of hydrogen-bond donors (Lipinski definition) is 1. The van der Waals surface area contributed by atoms with Crippen LogP contribution < -0.4 is 14.5 Å². The molecule has 1 N–H and O–H groups in total. The van der Waals surface area contributed by atoms with Crippen LogP contribution in [0.4, 0.5) is 17.1 Å². The van der Waals surface area contributed by atoms with Gasteiger partial charge in [0.15, 0.2) is 5.60 Å². The Kier molecular flexibility index (Phi) is 8.27. The van der Waals surface area contributed by atoms with Gasteiger partial charge in [-0.3, -0.25) is 19.2 Å². The van der Waals surface area contributed by atoms with Gasteiger partial charge in [0.25, 0.3) is 11.8 Å². The van der Waals surface area contributed by atoms with E-state index < -0.39 is 11.0 Å². The van der Waals surface area contributed by atoms with Crippen LogP contribution in [-0.2, 0) is 33.5 Å². The Bertz CT molecular complexity index is 2210. The molecule has 1 spiro atoms. The number of aromatic nitrogens is 3. The molecular formula is C42H43N5O5. The van der Waals surface area contributed by atoms with Gasteiger partial charge < -0.3 is 19.5 Å². The number of fused-ring (bicyclic) bond motifs is 2. The van der Waals surface area contributed by atoms with Crippen molar-refractivity contribution in [3.63, 3.8) is 0 Å². The Labute approximate surface area is 303 Å². The number of nitrogens with zero attached hydrogens (tertiary/aromatic N) is 5. The van der Waals surface area contributed by atoms with E-state index in [1.165, 1.54) is 0 Å². The minimum Gasteiger partial charge on any atom is -0.497 e. The van der Waals surface area contributed by atoms with Crippen molar-refractivity contribution < 1.29 is 24.2 Å². The van der Waals surface area contributed by atoms with Gasteiger partial charge >= 0.3 is 0 Å². The van der Waals surface area contributed by atoms with E-state index in [0.717, 1.165) is 44.7 Å². The van der Waals surface area contributed by atoms with E-state index in [4.69, 9.17) is 9.47 Å². The van der Waals surface area contributed by atoms with Crippen molar-refractivity contribution in [2.24, 2.45) is 11.8 Å². The summed E-state index contributed by atoms with van der Waals surface area (Å²) in [7, 11) is 1.66. The molecule has 4 heterocycles. The zero-order valence-corrected chi connectivity index (χ0v) is 30.0. The number of ether oxygens (including phenoxy) is 2. The van der Waals surface area contributed by atoms with Crippen molar-refractivity contribution in [2.45, 2.75) is 57.3 Å². The molecule has 0 aliphatic carbocycles. The molecule has 10 nitrogen and oxygen atoms in total. The predicted molar refractivity (Wildman–Crippen MR) is 200 cm³/mol. The first-order chi connectivity index (χ1) is 25.1. The second-order valence-corrected chi connectivity index (χ2v) is 14.6. The molecule has 10 heteroatoms. The standard InChI is InChI=1S/C42H43N5O5/c1-6-21-46-34-18-15-30(47-35-12-8-10-27-9-7-11-32(37(27)35)39(47)49)24-33(34)42(40(46)50)26(2)38(41(3,4)28-13-16-31(51-5)17-14-28)36(52-42)19-22-45-25-29(20-23-48)43-44-45/h6-18,24-26,36,38,48H,1,19-23H2,2-5H3/t26-,36+,38-,42+/m1/s1. The average molecular weight is 698 g/mol. The van der Waals surface area contributed by atoms with Crippen molar-refractivity contribution in [3.8, 4) is 5.75 Å². The largest absolute Gasteiger partial charge is 0.497 e. The van der Waals surface area contributed by atoms with Crippen LogP contribution in [0.15, 0.2) is 97.7 Å². The normalized spacial score (nSPS) is 22.2. The molecule has 1 aromatic heterocycles. The van der Waals surface area contributed by atoms with E-state index in [0.29, 0.717) is 37.2 Å². The Morgan fingerprint density at radius 1 is 1.04 bits per heavy atom. The molecule has 2 amide bonds. The maximum atomic E-state index is 15.0. The summed E-state index contributed by atoms with van der Waals surface area (Å²) in [6.07, 6.45) is 4.24. The fraction of sp³-hybridized carbons (Fsp3) is 0.333. The van der Waals surface area contributed by atoms with E-state index in [2.05, 4.69) is 49.8 Å². The molecule has 4 aromatic carbocycles. The van der Waals surface area contributed by atoms with Crippen LogP contribution in [0.5, 0.6) is 5.75 Å². The molecule has 52 heavy (non-hydrogen) atoms. The summed E-state index contributed by atoms with van der Waals surface area (Å²) in [6.45, 7) is 11.4. The fourth-order valence-electron chi connectivity index (χ4n) is 9.13. The van der Waals surface area contributed by atoms with E-state index in [9.17, 15) is 9.90 Å². The van der Waals surface area contributed by atoms with Crippen LogP contribution >= 0.6 is 0 Å². The predicted octanol–water partition coefficient (Wildman–Crippen LogP) is 6.71. The topological polar surface area (TPSA) is 110 Å². The fourth-order valence-corrected chi connectivity index (χ4v) is 9.13. The molecule has 8 rings (SSSR count). The van der Waals surface area contributed by atoms with Crippen LogP contribution in [0.3, 0.4) is 0 Å². The highest BCUT2D eigenvalue weighted by Crippen LogP contribution is 2.60. The van der Waals surface area contributed by atoms with Gasteiger partial charge in [0.1, 0.15) is 5.75 Å². The van der Waals surface area contributed by atoms with E-state index in [1.807, 2.05) is 72.9 Å². The van der Waals surface area contributed by atoms with Gasteiger partial charge in [0, 0.05) is 60.8 Å². The van der Waals surface area contributed by atoms with Gasteiger partial charge in [0.2, 0.25) is 0 Å². The van der Waals surface area contributed by atoms with E-state index in [-0.39, 0.29) is 36.4 Å². The lowest BCUT2D eigenvalue weighted by molar-refractivity contribution is -0.146. The SMILES string of the molecule is C=CCN1C(=O)[C@@]2(O[C@@H](CCn3cc(CCO)nn3)[C@H](C(C)(C)c3ccc(OC)cc3)[C@H]2C)c2cc(N3C(=O)c4cccc5cccc3c45)ccc21. The number of hydrogen-bond acceptors (Lipinski definition) is 7. The van der Waals surface area contributed by atoms with Crippen LogP contribution in [0.2, 0.25) is 0 Å². The van der Waals surface area contributed by atoms with Gasteiger partial charge in [-0.2, -0.15) is 0 Å². The zero-order valence-electron chi connectivity index (χ0n) is 30.0. The number of benzene rings is 4. The van der Waals surface area contributed by atoms with Gasteiger partial charge in [-0.1, -0.05) is 68.5 Å². The second-order valence-electron chi connectivity index (χ2n) is 14.6. The Morgan fingerprint density at radius 3 is 2.54 bits per heavy atom. The summed E-state index contributed by atoms with van der Waals surface area (Å²) in [6, 6.07) is 25.8. The molecule has 5 aromatic rings. The highest BCUT2D eigenvalue weighted by Gasteiger charge is 2.66. The van der Waals surface area contributed by atoms with Crippen molar-refractivity contribution >= 4 is 39.6 Å². The highest BCUT2D eigenvalue weighted by atomic mass is 16.5. The third-order valence-electron chi connectivity index (χ3n) is 11.5. The Morgan fingerprint density at radius 2 is 1.81 bits per heavy atom. The molecule has 0 unspecified atom stereocenters. The molecular weight excluding hydrogens is 654 g/mol. The summed E-state index contributed by atoms with van der Waals surface area (Å²) in [5.74, 6) is 0.154. The smallest absolute Gasteiger partial charge is 0.264 e. The van der Waals surface area contributed by atoms with Crippen molar-refractivity contribution in [1.29, 1.82) is 0 Å². The molecule has 1 fully saturated rings. The molecule has 0 radical (unpaired) electrons. The van der Waals surface area contributed by atoms with Crippen LogP contribution in [0.1, 0.15) is 54.4 Å². The summed E-state index contributed by atoms with van der Waals surface area (Å²) >= 11 is 0. The number of carbonyl (C=O) groups excluding carboxylic acids is 2. The van der Waals surface area contributed by atoms with Crippen LogP contribution in [0, 0.1) is 11.8 Å². The Balaban J connectivity index is 1.25. The zero-order chi connectivity index (χ0) is 36.4. The van der Waals surface area contributed by atoms with Crippen LogP contribution in [0.25, 0.3) is 10.8 Å². The average Bonchev–Trinajstić information content (AvgIpc) is 3.87. The maximum Gasteiger partial charge on any atom is 0.264 e. The third kappa shape index (κ3) is 4.99. The number of aliphatic hydroxyl groups is 1. The molecule has 266 valence electrons. The molecule has 4 atom stereocenters. The van der Waals surface area contributed by atoms with E-state index >= 15 is 4.79 Å². The van der Waals surface area contributed by atoms with Crippen molar-refractivity contribution in [1.82, 2.24) is 15.0 Å². The summed E-state index contributed by atoms with van der Waals surface area (Å²) in [5.41, 5.74) is 3.76. The van der Waals surface area contributed by atoms with Crippen molar-refractivity contribution in [2.75, 3.05) is 30.1 Å². The van der Waals surface area contributed by atoms with E-state index in [1.54, 1.807) is 27.7 Å². The van der Waals surface area contributed by atoms with Gasteiger partial charge in [-0.05, 0) is 65.3 Å². The lowest BCUT2D eigenvalue weighted by atomic mass is 9.63. The minimum absolute atomic E-state index is 0.00241. The number of carbonyl (C=O) groups is 2. The third-order valence-corrected chi connectivity index (χ3v) is 11.5. The molecule has 0 saturated carbocycles. The number of rotatable bonds is 11. The number of aryl methyl sites for hydroxylation is 1. The van der Waals surface area contributed by atoms with Crippen LogP contribution in [-0.4, -0.2) is 58.3 Å². The molecule has 1 saturated heterocycles. The minimum atomic E-state index is -1.32. The first-order valence-electron chi connectivity index (χ1n) is 17.9. The molecule has 3 aliphatic rings. The van der Waals surface area contributed by atoms with Gasteiger partial charge in [-0.15, -0.1) is 11.7 Å².